The zero-order valence-corrected chi connectivity index (χ0v) is 21.9. The number of carbonyl (C=O) groups is 3. The lowest BCUT2D eigenvalue weighted by atomic mass is 9.87. The fraction of sp³-hybridized carbons (Fsp3) is 0.259. The zero-order valence-electron chi connectivity index (χ0n) is 21.9. The van der Waals surface area contributed by atoms with Crippen molar-refractivity contribution in [1.29, 1.82) is 5.26 Å². The number of hydrogen-bond acceptors (Lipinski definition) is 6. The van der Waals surface area contributed by atoms with E-state index in [2.05, 4.69) is 15.5 Å². The molecule has 2 heterocycles. The molecule has 0 fully saturated rings. The summed E-state index contributed by atoms with van der Waals surface area (Å²) < 4.78 is 41.8. The van der Waals surface area contributed by atoms with Crippen LogP contribution in [0.1, 0.15) is 52.8 Å². The summed E-state index contributed by atoms with van der Waals surface area (Å²) in [5.41, 5.74) is -0.311. The Morgan fingerprint density at radius 3 is 2.48 bits per heavy atom. The normalized spacial score (nSPS) is 15.8. The molecule has 3 amide bonds. The standard InChI is InChI=1S/C27H24F3N7O3/c1-15-23(16(2)38)24(36(4)26(40)37(15)19-7-5-6-18(11-19)27(28,29)30)20-9-8-17(12-31)10-21(20)25(39)32-13-22-34-33-14-35(22)3/h5-11,14,24H,13H2,1-4H3,(H,32,39). The Morgan fingerprint density at radius 2 is 1.88 bits per heavy atom. The number of ketones is 1. The topological polar surface area (TPSA) is 124 Å². The molecule has 3 aromatic rings. The molecule has 40 heavy (non-hydrogen) atoms. The van der Waals surface area contributed by atoms with E-state index in [0.717, 1.165) is 17.0 Å². The number of aromatic nitrogens is 3. The number of Topliss-reactive ketones (excluding diaryl/α,β-unsaturated/α-hetero) is 1. The van der Waals surface area contributed by atoms with Crippen molar-refractivity contribution in [2.75, 3.05) is 11.9 Å². The van der Waals surface area contributed by atoms with Crippen molar-refractivity contribution in [3.63, 3.8) is 0 Å². The number of alkyl halides is 3. The number of likely N-dealkylation sites (N-methyl/N-ethyl adjacent to an activating group) is 1. The van der Waals surface area contributed by atoms with Crippen LogP contribution in [0.2, 0.25) is 0 Å². The smallest absolute Gasteiger partial charge is 0.345 e. The molecule has 0 spiro atoms. The molecule has 1 N–H and O–H groups in total. The minimum atomic E-state index is -4.64. The number of halogens is 3. The lowest BCUT2D eigenvalue weighted by molar-refractivity contribution is -0.137. The first kappa shape index (κ1) is 28.0. The van der Waals surface area contributed by atoms with Crippen LogP contribution < -0.4 is 10.2 Å². The lowest BCUT2D eigenvalue weighted by Gasteiger charge is -2.41. The molecule has 0 aliphatic carbocycles. The average molecular weight is 552 g/mol. The highest BCUT2D eigenvalue weighted by atomic mass is 19.4. The van der Waals surface area contributed by atoms with Crippen LogP contribution in [0.4, 0.5) is 23.7 Å². The number of amides is 3. The highest BCUT2D eigenvalue weighted by Gasteiger charge is 2.41. The number of anilines is 1. The van der Waals surface area contributed by atoms with Crippen molar-refractivity contribution in [1.82, 2.24) is 25.0 Å². The number of nitrogens with one attached hydrogen (secondary N) is 1. The van der Waals surface area contributed by atoms with Crippen molar-refractivity contribution >= 4 is 23.4 Å². The molecule has 0 saturated heterocycles. The molecule has 1 aromatic heterocycles. The van der Waals surface area contributed by atoms with Gasteiger partial charge >= 0.3 is 12.2 Å². The first-order valence-electron chi connectivity index (χ1n) is 12.0. The summed E-state index contributed by atoms with van der Waals surface area (Å²) in [6.07, 6.45) is -3.17. The molecule has 0 saturated carbocycles. The van der Waals surface area contributed by atoms with E-state index in [1.54, 1.807) is 11.6 Å². The van der Waals surface area contributed by atoms with Gasteiger partial charge in [-0.05, 0) is 49.7 Å². The van der Waals surface area contributed by atoms with Gasteiger partial charge in [0.2, 0.25) is 0 Å². The van der Waals surface area contributed by atoms with Gasteiger partial charge in [-0.1, -0.05) is 12.1 Å². The van der Waals surface area contributed by atoms with Gasteiger partial charge in [0.05, 0.1) is 35.5 Å². The van der Waals surface area contributed by atoms with Gasteiger partial charge in [0, 0.05) is 30.9 Å². The summed E-state index contributed by atoms with van der Waals surface area (Å²) >= 11 is 0. The number of hydrogen-bond donors (Lipinski definition) is 1. The van der Waals surface area contributed by atoms with Crippen molar-refractivity contribution in [2.24, 2.45) is 7.05 Å². The van der Waals surface area contributed by atoms with Gasteiger partial charge in [-0.15, -0.1) is 10.2 Å². The van der Waals surface area contributed by atoms with E-state index in [-0.39, 0.29) is 40.2 Å². The molecule has 13 heteroatoms. The van der Waals surface area contributed by atoms with E-state index < -0.39 is 35.5 Å². The molecule has 10 nitrogen and oxygen atoms in total. The van der Waals surface area contributed by atoms with Crippen LogP contribution in [0.5, 0.6) is 0 Å². The summed E-state index contributed by atoms with van der Waals surface area (Å²) in [6.45, 7) is 2.76. The van der Waals surface area contributed by atoms with Crippen LogP contribution in [0, 0.1) is 11.3 Å². The number of nitrogens with zero attached hydrogens (tertiary/aromatic N) is 6. The SMILES string of the molecule is CC(=O)C1=C(C)N(c2cccc(C(F)(F)F)c2)C(=O)N(C)C1c1ccc(C#N)cc1C(=O)NCc1nncn1C. The first-order valence-corrected chi connectivity index (χ1v) is 12.0. The van der Waals surface area contributed by atoms with Crippen molar-refractivity contribution < 1.29 is 27.6 Å². The van der Waals surface area contributed by atoms with E-state index >= 15 is 0 Å². The minimum Gasteiger partial charge on any atom is -0.345 e. The number of carbonyl (C=O) groups excluding carboxylic acids is 3. The Morgan fingerprint density at radius 1 is 1.15 bits per heavy atom. The van der Waals surface area contributed by atoms with Crippen LogP contribution in [-0.2, 0) is 24.6 Å². The van der Waals surface area contributed by atoms with Crippen LogP contribution in [0.15, 0.2) is 60.1 Å². The van der Waals surface area contributed by atoms with E-state index in [1.807, 2.05) is 6.07 Å². The third kappa shape index (κ3) is 5.15. The monoisotopic (exact) mass is 551 g/mol. The largest absolute Gasteiger partial charge is 0.416 e. The van der Waals surface area contributed by atoms with E-state index in [0.29, 0.717) is 5.82 Å². The molecular formula is C27H24F3N7O3. The number of benzene rings is 2. The minimum absolute atomic E-state index is 0.0166. The Labute approximate surface area is 227 Å². The highest BCUT2D eigenvalue weighted by molar-refractivity contribution is 6.06. The van der Waals surface area contributed by atoms with E-state index in [9.17, 15) is 32.8 Å². The molecule has 1 unspecified atom stereocenters. The quantitative estimate of drug-likeness (QED) is 0.492. The fourth-order valence-corrected chi connectivity index (χ4v) is 4.64. The molecule has 2 aromatic carbocycles. The van der Waals surface area contributed by atoms with Gasteiger partial charge in [0.1, 0.15) is 6.33 Å². The Hall–Kier alpha value is -4.99. The molecule has 1 aliphatic heterocycles. The Balaban J connectivity index is 1.83. The van der Waals surface area contributed by atoms with Gasteiger partial charge in [0.15, 0.2) is 11.6 Å². The van der Waals surface area contributed by atoms with E-state index in [1.165, 1.54) is 62.5 Å². The predicted octanol–water partition coefficient (Wildman–Crippen LogP) is 4.11. The van der Waals surface area contributed by atoms with E-state index in [4.69, 9.17) is 0 Å². The second kappa shape index (κ2) is 10.6. The van der Waals surface area contributed by atoms with Gasteiger partial charge in [0.25, 0.3) is 5.91 Å². The number of nitriles is 1. The highest BCUT2D eigenvalue weighted by Crippen LogP contribution is 2.41. The molecule has 206 valence electrons. The Bertz CT molecular complexity index is 1590. The second-order valence-electron chi connectivity index (χ2n) is 9.19. The first-order chi connectivity index (χ1) is 18.8. The summed E-state index contributed by atoms with van der Waals surface area (Å²) in [7, 11) is 3.09. The molecule has 0 radical (unpaired) electrons. The van der Waals surface area contributed by atoms with Gasteiger partial charge in [-0.2, -0.15) is 18.4 Å². The lowest BCUT2D eigenvalue weighted by Crippen LogP contribution is -2.49. The maximum atomic E-state index is 13.6. The average Bonchev–Trinajstić information content (AvgIpc) is 3.32. The summed E-state index contributed by atoms with van der Waals surface area (Å²) in [6, 6.07) is 8.75. The fourth-order valence-electron chi connectivity index (χ4n) is 4.64. The van der Waals surface area contributed by atoms with Gasteiger partial charge in [-0.25, -0.2) is 4.79 Å². The predicted molar refractivity (Wildman–Crippen MR) is 137 cm³/mol. The van der Waals surface area contributed by atoms with Crippen LogP contribution in [-0.4, -0.2) is 44.4 Å². The van der Waals surface area contributed by atoms with Gasteiger partial charge in [-0.3, -0.25) is 14.5 Å². The number of urea groups is 1. The van der Waals surface area contributed by atoms with Crippen LogP contribution in [0.25, 0.3) is 0 Å². The molecule has 1 atom stereocenters. The zero-order chi connectivity index (χ0) is 29.4. The van der Waals surface area contributed by atoms with Crippen molar-refractivity contribution in [2.45, 2.75) is 32.6 Å². The summed E-state index contributed by atoms with van der Waals surface area (Å²) in [5.74, 6) is -0.571. The molecule has 1 aliphatic rings. The summed E-state index contributed by atoms with van der Waals surface area (Å²) in [5, 5.41) is 19.9. The van der Waals surface area contributed by atoms with Crippen molar-refractivity contribution in [3.8, 4) is 6.07 Å². The number of rotatable bonds is 6. The summed E-state index contributed by atoms with van der Waals surface area (Å²) in [4.78, 5) is 42.2. The van der Waals surface area contributed by atoms with Crippen LogP contribution >= 0.6 is 0 Å². The third-order valence-electron chi connectivity index (χ3n) is 6.62. The maximum absolute atomic E-state index is 13.6. The Kier molecular flexibility index (Phi) is 7.46. The number of allylic oxidation sites excluding steroid dienone is 1. The number of aryl methyl sites for hydroxylation is 1. The second-order valence-corrected chi connectivity index (χ2v) is 9.19. The molecular weight excluding hydrogens is 527 g/mol. The molecule has 4 rings (SSSR count). The third-order valence-corrected chi connectivity index (χ3v) is 6.62. The molecule has 0 bridgehead atoms. The van der Waals surface area contributed by atoms with Crippen molar-refractivity contribution in [3.05, 3.63) is 88.1 Å². The maximum Gasteiger partial charge on any atom is 0.416 e. The van der Waals surface area contributed by atoms with Gasteiger partial charge < -0.3 is 14.8 Å². The van der Waals surface area contributed by atoms with Crippen LogP contribution in [0.3, 0.4) is 0 Å².